The number of aliphatic hydroxyl groups excluding tert-OH is 1. The second kappa shape index (κ2) is 41.4. The molecule has 0 saturated carbocycles. The van der Waals surface area contributed by atoms with E-state index in [-0.39, 0.29) is 64.4 Å². The van der Waals surface area contributed by atoms with Gasteiger partial charge < -0.3 is 92.7 Å². The number of esters is 3. The van der Waals surface area contributed by atoms with Gasteiger partial charge in [0.1, 0.15) is 65.1 Å². The van der Waals surface area contributed by atoms with Gasteiger partial charge in [0.15, 0.2) is 24.5 Å². The van der Waals surface area contributed by atoms with E-state index in [0.717, 1.165) is 33.4 Å². The van der Waals surface area contributed by atoms with E-state index in [1.165, 1.54) is 27.7 Å². The number of amides is 4. The summed E-state index contributed by atoms with van der Waals surface area (Å²) >= 11 is 0. The lowest BCUT2D eigenvalue weighted by molar-refractivity contribution is -0.264. The molecule has 582 valence electrons. The van der Waals surface area contributed by atoms with Crippen LogP contribution in [0.25, 0.3) is 0 Å². The molecule has 2 aliphatic heterocycles. The lowest BCUT2D eigenvalue weighted by atomic mass is 9.79. The minimum atomic E-state index is -1.31. The van der Waals surface area contributed by atoms with E-state index in [1.807, 2.05) is 172 Å². The van der Waals surface area contributed by atoms with Crippen molar-refractivity contribution in [2.75, 3.05) is 81.2 Å². The highest BCUT2D eigenvalue weighted by molar-refractivity contribution is 5.84. The SMILES string of the molecule is COc1ccc(C(OC[C@H]2O[C@@H](OCCCCC(=O)CNC(=O)OC(CO)COC(=O)CCC(=O)NCCCO[C@@H]3O[C@H](COC(c4ccccc4)(c4ccc(OC)cc4)c4ccc(OC)cc4)[C@H](C)[C@H](OC(C)=O)[C@H]3NC(C)=O)[C@H](NC(C)=O)[C@@H](OC(C)=O)[C@H]2C)(c2ccccc2)c2ccc(OC)cc2)cc1. The zero-order valence-corrected chi connectivity index (χ0v) is 62.7. The fourth-order valence-electron chi connectivity index (χ4n) is 13.2. The molecule has 27 heteroatoms. The number of aliphatic hydroxyl groups is 1. The Bertz CT molecular complexity index is 3760. The predicted octanol–water partition coefficient (Wildman–Crippen LogP) is 8.32. The molecule has 4 amide bonds. The van der Waals surface area contributed by atoms with Crippen molar-refractivity contribution in [3.8, 4) is 23.0 Å². The Morgan fingerprint density at radius 3 is 1.24 bits per heavy atom. The molecular weight excluding hydrogens is 1400 g/mol. The lowest BCUT2D eigenvalue weighted by Crippen LogP contribution is -2.63. The summed E-state index contributed by atoms with van der Waals surface area (Å²) in [7, 11) is 6.34. The largest absolute Gasteiger partial charge is 0.497 e. The number of carbonyl (C=O) groups is 8. The zero-order valence-electron chi connectivity index (χ0n) is 62.7. The number of methoxy groups -OCH3 is 4. The molecule has 0 aromatic heterocycles. The number of benzene rings is 6. The molecular formula is C81H100N4O23. The number of ether oxygens (including phenoxy) is 14. The Labute approximate surface area is 629 Å². The molecule has 5 N–H and O–H groups in total. The normalized spacial score (nSPS) is 20.1. The van der Waals surface area contributed by atoms with Crippen molar-refractivity contribution in [2.24, 2.45) is 11.8 Å². The molecule has 2 fully saturated rings. The highest BCUT2D eigenvalue weighted by Crippen LogP contribution is 2.45. The Hall–Kier alpha value is -10.0. The average Bonchev–Trinajstić information content (AvgIpc) is 0.755. The van der Waals surface area contributed by atoms with Crippen LogP contribution in [0.4, 0.5) is 4.79 Å². The van der Waals surface area contributed by atoms with Crippen LogP contribution in [-0.2, 0) is 92.1 Å². The summed E-state index contributed by atoms with van der Waals surface area (Å²) in [6.07, 6.45) is -7.79. The van der Waals surface area contributed by atoms with Crippen LogP contribution in [0.1, 0.15) is 113 Å². The van der Waals surface area contributed by atoms with Crippen molar-refractivity contribution in [3.63, 3.8) is 0 Å². The molecule has 0 radical (unpaired) electrons. The molecule has 0 bridgehead atoms. The number of hydrogen-bond donors (Lipinski definition) is 5. The summed E-state index contributed by atoms with van der Waals surface area (Å²) in [5.74, 6) is -2.21. The van der Waals surface area contributed by atoms with Gasteiger partial charge in [-0.05, 0) is 101 Å². The first-order valence-corrected chi connectivity index (χ1v) is 35.9. The van der Waals surface area contributed by atoms with E-state index in [4.69, 9.17) is 66.3 Å². The topological polar surface area (TPSA) is 334 Å². The van der Waals surface area contributed by atoms with Gasteiger partial charge in [-0.1, -0.05) is 123 Å². The number of ketones is 1. The van der Waals surface area contributed by atoms with Gasteiger partial charge in [-0.25, -0.2) is 4.79 Å². The van der Waals surface area contributed by atoms with E-state index in [9.17, 15) is 43.5 Å². The Kier molecular flexibility index (Phi) is 32.0. The first kappa shape index (κ1) is 83.6. The number of unbranched alkanes of at least 4 members (excludes halogenated alkanes) is 1. The molecule has 0 spiro atoms. The Morgan fingerprint density at radius 2 is 0.870 bits per heavy atom. The minimum absolute atomic E-state index is 0.00341. The minimum Gasteiger partial charge on any atom is -0.497 e. The van der Waals surface area contributed by atoms with Gasteiger partial charge >= 0.3 is 24.0 Å². The molecule has 6 aromatic carbocycles. The van der Waals surface area contributed by atoms with Crippen molar-refractivity contribution < 1.29 is 110 Å². The lowest BCUT2D eigenvalue weighted by Gasteiger charge is -2.46. The van der Waals surface area contributed by atoms with Crippen LogP contribution in [0.5, 0.6) is 23.0 Å². The van der Waals surface area contributed by atoms with Gasteiger partial charge in [-0.3, -0.25) is 33.6 Å². The summed E-state index contributed by atoms with van der Waals surface area (Å²) in [5.41, 5.74) is 2.25. The molecule has 8 rings (SSSR count). The van der Waals surface area contributed by atoms with Crippen LogP contribution in [-0.4, -0.2) is 189 Å². The van der Waals surface area contributed by atoms with Crippen molar-refractivity contribution in [2.45, 2.75) is 146 Å². The molecule has 108 heavy (non-hydrogen) atoms. The van der Waals surface area contributed by atoms with Crippen LogP contribution in [0.15, 0.2) is 158 Å². The van der Waals surface area contributed by atoms with Crippen LogP contribution in [0, 0.1) is 11.8 Å². The molecule has 11 atom stereocenters. The van der Waals surface area contributed by atoms with Crippen molar-refractivity contribution in [1.82, 2.24) is 21.3 Å². The molecule has 27 nitrogen and oxygen atoms in total. The van der Waals surface area contributed by atoms with Crippen molar-refractivity contribution >= 4 is 47.5 Å². The zero-order chi connectivity index (χ0) is 77.8. The molecule has 2 heterocycles. The number of hydrogen-bond acceptors (Lipinski definition) is 23. The van der Waals surface area contributed by atoms with Gasteiger partial charge in [-0.2, -0.15) is 0 Å². The smallest absolute Gasteiger partial charge is 0.407 e. The van der Waals surface area contributed by atoms with Crippen LogP contribution in [0.2, 0.25) is 0 Å². The second-order valence-corrected chi connectivity index (χ2v) is 26.2. The summed E-state index contributed by atoms with van der Waals surface area (Å²) in [4.78, 5) is 102. The van der Waals surface area contributed by atoms with Crippen LogP contribution < -0.4 is 40.2 Å². The summed E-state index contributed by atoms with van der Waals surface area (Å²) in [6, 6.07) is 47.6. The Morgan fingerprint density at radius 1 is 0.481 bits per heavy atom. The van der Waals surface area contributed by atoms with Crippen LogP contribution in [0.3, 0.4) is 0 Å². The summed E-state index contributed by atoms with van der Waals surface area (Å²) in [5, 5.41) is 20.8. The maximum Gasteiger partial charge on any atom is 0.407 e. The highest BCUT2D eigenvalue weighted by Gasteiger charge is 2.51. The fraction of sp³-hybridized carbons (Fsp3) is 0.457. The molecule has 0 aliphatic carbocycles. The molecule has 2 saturated heterocycles. The van der Waals surface area contributed by atoms with E-state index in [0.29, 0.717) is 35.8 Å². The van der Waals surface area contributed by atoms with Gasteiger partial charge in [0.2, 0.25) is 17.7 Å². The third-order valence-corrected chi connectivity index (χ3v) is 18.7. The highest BCUT2D eigenvalue weighted by atomic mass is 16.7. The van der Waals surface area contributed by atoms with Gasteiger partial charge in [0.05, 0.1) is 80.0 Å². The third-order valence-electron chi connectivity index (χ3n) is 18.7. The van der Waals surface area contributed by atoms with Crippen LogP contribution >= 0.6 is 0 Å². The van der Waals surface area contributed by atoms with Gasteiger partial charge in [0, 0.05) is 65.5 Å². The third kappa shape index (κ3) is 22.8. The number of alkyl carbamates (subject to hydrolysis) is 1. The van der Waals surface area contributed by atoms with Gasteiger partial charge in [-0.15, -0.1) is 0 Å². The number of Topliss-reactive ketones (excluding diaryl/α,β-unsaturated/α-hetero) is 1. The maximum atomic E-state index is 13.0. The van der Waals surface area contributed by atoms with Crippen molar-refractivity contribution in [3.05, 3.63) is 191 Å². The average molecular weight is 1500 g/mol. The monoisotopic (exact) mass is 1500 g/mol. The molecule has 2 aliphatic rings. The fourth-order valence-corrected chi connectivity index (χ4v) is 13.2. The molecule has 1 unspecified atom stereocenters. The van der Waals surface area contributed by atoms with E-state index in [2.05, 4.69) is 21.3 Å². The number of nitrogens with one attached hydrogen (secondary N) is 4. The number of rotatable bonds is 40. The van der Waals surface area contributed by atoms with Crippen molar-refractivity contribution in [1.29, 1.82) is 0 Å². The quantitative estimate of drug-likeness (QED) is 0.0104. The van der Waals surface area contributed by atoms with E-state index in [1.54, 1.807) is 28.4 Å². The van der Waals surface area contributed by atoms with Gasteiger partial charge in [0.25, 0.3) is 0 Å². The molecule has 6 aromatic rings. The summed E-state index contributed by atoms with van der Waals surface area (Å²) in [6.45, 7) is 7.21. The van der Waals surface area contributed by atoms with E-state index >= 15 is 0 Å². The Balaban J connectivity index is 0.779. The second-order valence-electron chi connectivity index (χ2n) is 26.2. The standard InChI is InChI=1S/C81H100N4O23/c1-51-69(49-102-80(57-20-13-11-14-21-57,59-25-33-64(95-7)34-26-59)60-27-35-65(96-8)36-28-60)107-77(73(84-53(3)87)75(51)104-55(5)89)99-44-18-17-24-63(91)46-83-79(94)106-68(47-86)48-101-72(93)42-41-71(92)82-43-19-45-100-78-74(85-54(4)88)76(105-56(6)90)52(2)70(108-78)50-103-81(58-22-15-12-16-23-58,61-29-37-66(97-9)38-30-61)62-31-39-67(98-10)40-32-62/h11-16,20-23,25-40,51-52,68-70,73-78,86H,17-19,24,41-50H2,1-10H3,(H,82,92)(H,83,94)(H,84,87)(H,85,88)/t51-,52-,68?,69+,70+,73+,74+,75-,76-,77+,78+/m0/s1. The predicted molar refractivity (Wildman–Crippen MR) is 392 cm³/mol. The first-order chi connectivity index (χ1) is 52.0. The first-order valence-electron chi connectivity index (χ1n) is 35.9. The maximum absolute atomic E-state index is 13.0. The van der Waals surface area contributed by atoms with E-state index < -0.39 is 140 Å². The number of carbonyl (C=O) groups excluding carboxylic acids is 8. The summed E-state index contributed by atoms with van der Waals surface area (Å²) < 4.78 is 84.6.